The number of aromatic amines is 1. The Hall–Kier alpha value is -1.97. The standard InChI is InChI=1S/C10H10N2O2/c1-14-10(13)12-9-6-11-8-5-3-2-4-7(8)9/h2-6,11H,1H3,(H,12,13). The zero-order chi connectivity index (χ0) is 9.97. The lowest BCUT2D eigenvalue weighted by Crippen LogP contribution is -2.10. The average Bonchev–Trinajstić information content (AvgIpc) is 2.62. The lowest BCUT2D eigenvalue weighted by Gasteiger charge is -2.00. The second kappa shape index (κ2) is 3.41. The zero-order valence-corrected chi connectivity index (χ0v) is 7.70. The lowest BCUT2D eigenvalue weighted by molar-refractivity contribution is 0.187. The Labute approximate surface area is 80.9 Å². The molecule has 0 aliphatic heterocycles. The Morgan fingerprint density at radius 3 is 3.00 bits per heavy atom. The predicted molar refractivity (Wildman–Crippen MR) is 54.3 cm³/mol. The Bertz CT molecular complexity index is 462. The Balaban J connectivity index is 2.38. The number of carbonyl (C=O) groups is 1. The number of ether oxygens (including phenoxy) is 1. The van der Waals surface area contributed by atoms with Crippen LogP contribution in [0.5, 0.6) is 0 Å². The van der Waals surface area contributed by atoms with Crippen molar-refractivity contribution in [1.82, 2.24) is 4.98 Å². The van der Waals surface area contributed by atoms with Crippen LogP contribution in [-0.2, 0) is 4.74 Å². The number of fused-ring (bicyclic) bond motifs is 1. The molecule has 0 unspecified atom stereocenters. The van der Waals surface area contributed by atoms with Gasteiger partial charge in [0.2, 0.25) is 0 Å². The van der Waals surface area contributed by atoms with E-state index < -0.39 is 6.09 Å². The Morgan fingerprint density at radius 1 is 1.43 bits per heavy atom. The van der Waals surface area contributed by atoms with E-state index in [1.807, 2.05) is 24.3 Å². The summed E-state index contributed by atoms with van der Waals surface area (Å²) in [5.41, 5.74) is 1.71. The summed E-state index contributed by atoms with van der Waals surface area (Å²) < 4.78 is 4.51. The summed E-state index contributed by atoms with van der Waals surface area (Å²) >= 11 is 0. The molecule has 0 spiro atoms. The molecular formula is C10H10N2O2. The van der Waals surface area contributed by atoms with Crippen LogP contribution in [0.3, 0.4) is 0 Å². The molecule has 4 heteroatoms. The van der Waals surface area contributed by atoms with Crippen LogP contribution in [0.25, 0.3) is 10.9 Å². The highest BCUT2D eigenvalue weighted by Gasteiger charge is 2.05. The van der Waals surface area contributed by atoms with Crippen molar-refractivity contribution in [3.05, 3.63) is 30.5 Å². The van der Waals surface area contributed by atoms with Crippen LogP contribution >= 0.6 is 0 Å². The van der Waals surface area contributed by atoms with Crippen molar-refractivity contribution < 1.29 is 9.53 Å². The summed E-state index contributed by atoms with van der Waals surface area (Å²) in [4.78, 5) is 14.0. The number of H-pyrrole nitrogens is 1. The summed E-state index contributed by atoms with van der Waals surface area (Å²) in [5.74, 6) is 0. The van der Waals surface area contributed by atoms with Gasteiger partial charge in [0, 0.05) is 17.1 Å². The highest BCUT2D eigenvalue weighted by Crippen LogP contribution is 2.22. The predicted octanol–water partition coefficient (Wildman–Crippen LogP) is 2.35. The second-order valence-corrected chi connectivity index (χ2v) is 2.86. The molecule has 0 bridgehead atoms. The number of hydrogen-bond donors (Lipinski definition) is 2. The van der Waals surface area contributed by atoms with E-state index in [1.165, 1.54) is 7.11 Å². The molecule has 0 aliphatic rings. The number of benzene rings is 1. The molecule has 0 fully saturated rings. The van der Waals surface area contributed by atoms with Crippen molar-refractivity contribution in [1.29, 1.82) is 0 Å². The van der Waals surface area contributed by atoms with Crippen LogP contribution in [0.15, 0.2) is 30.5 Å². The molecule has 0 saturated carbocycles. The maximum absolute atomic E-state index is 11.0. The van der Waals surface area contributed by atoms with Crippen molar-refractivity contribution in [3.63, 3.8) is 0 Å². The normalized spacial score (nSPS) is 10.1. The minimum absolute atomic E-state index is 0.463. The maximum Gasteiger partial charge on any atom is 0.411 e. The zero-order valence-electron chi connectivity index (χ0n) is 7.70. The molecule has 0 atom stereocenters. The number of anilines is 1. The quantitative estimate of drug-likeness (QED) is 0.725. The number of amides is 1. The van der Waals surface area contributed by atoms with Gasteiger partial charge in [-0.25, -0.2) is 4.79 Å². The molecule has 0 radical (unpaired) electrons. The molecule has 1 aromatic carbocycles. The monoisotopic (exact) mass is 190 g/mol. The Morgan fingerprint density at radius 2 is 2.21 bits per heavy atom. The van der Waals surface area contributed by atoms with Gasteiger partial charge in [0.05, 0.1) is 12.8 Å². The minimum atomic E-state index is -0.463. The van der Waals surface area contributed by atoms with Crippen LogP contribution in [0, 0.1) is 0 Å². The fourth-order valence-electron chi connectivity index (χ4n) is 1.34. The van der Waals surface area contributed by atoms with Crippen LogP contribution in [0.4, 0.5) is 10.5 Å². The van der Waals surface area contributed by atoms with Gasteiger partial charge >= 0.3 is 6.09 Å². The first-order valence-corrected chi connectivity index (χ1v) is 4.22. The molecule has 2 N–H and O–H groups in total. The van der Waals surface area contributed by atoms with Gasteiger partial charge in [-0.2, -0.15) is 0 Å². The van der Waals surface area contributed by atoms with E-state index in [9.17, 15) is 4.79 Å². The molecule has 1 aromatic heterocycles. The van der Waals surface area contributed by atoms with Gasteiger partial charge in [0.1, 0.15) is 0 Å². The summed E-state index contributed by atoms with van der Waals surface area (Å²) in [5, 5.41) is 3.59. The molecule has 0 aliphatic carbocycles. The van der Waals surface area contributed by atoms with E-state index in [0.29, 0.717) is 0 Å². The number of aromatic nitrogens is 1. The van der Waals surface area contributed by atoms with Gasteiger partial charge in [0.25, 0.3) is 0 Å². The van der Waals surface area contributed by atoms with Crippen molar-refractivity contribution in [2.75, 3.05) is 12.4 Å². The maximum atomic E-state index is 11.0. The number of nitrogens with one attached hydrogen (secondary N) is 2. The van der Waals surface area contributed by atoms with Gasteiger partial charge in [-0.05, 0) is 6.07 Å². The van der Waals surface area contributed by atoms with E-state index in [2.05, 4.69) is 15.0 Å². The number of hydrogen-bond acceptors (Lipinski definition) is 2. The number of methoxy groups -OCH3 is 1. The SMILES string of the molecule is COC(=O)Nc1c[nH]c2ccccc12. The van der Waals surface area contributed by atoms with E-state index in [1.54, 1.807) is 6.20 Å². The molecule has 2 rings (SSSR count). The molecule has 1 amide bonds. The molecule has 0 saturated heterocycles. The van der Waals surface area contributed by atoms with Crippen LogP contribution in [-0.4, -0.2) is 18.2 Å². The summed E-state index contributed by atoms with van der Waals surface area (Å²) in [6.45, 7) is 0. The highest BCUT2D eigenvalue weighted by atomic mass is 16.5. The van der Waals surface area contributed by atoms with Gasteiger partial charge in [-0.1, -0.05) is 18.2 Å². The largest absolute Gasteiger partial charge is 0.453 e. The van der Waals surface area contributed by atoms with E-state index in [4.69, 9.17) is 0 Å². The van der Waals surface area contributed by atoms with E-state index in [0.717, 1.165) is 16.6 Å². The van der Waals surface area contributed by atoms with Crippen molar-refractivity contribution in [2.45, 2.75) is 0 Å². The lowest BCUT2D eigenvalue weighted by atomic mass is 10.2. The highest BCUT2D eigenvalue weighted by molar-refractivity contribution is 5.99. The fourth-order valence-corrected chi connectivity index (χ4v) is 1.34. The number of carbonyl (C=O) groups excluding carboxylic acids is 1. The molecule has 72 valence electrons. The molecule has 14 heavy (non-hydrogen) atoms. The van der Waals surface area contributed by atoms with Crippen molar-refractivity contribution in [2.24, 2.45) is 0 Å². The first-order valence-electron chi connectivity index (χ1n) is 4.22. The molecule has 1 heterocycles. The van der Waals surface area contributed by atoms with E-state index >= 15 is 0 Å². The van der Waals surface area contributed by atoms with Gasteiger partial charge in [-0.3, -0.25) is 5.32 Å². The van der Waals surface area contributed by atoms with Crippen molar-refractivity contribution >= 4 is 22.7 Å². The average molecular weight is 190 g/mol. The topological polar surface area (TPSA) is 54.1 Å². The van der Waals surface area contributed by atoms with E-state index in [-0.39, 0.29) is 0 Å². The minimum Gasteiger partial charge on any atom is -0.453 e. The summed E-state index contributed by atoms with van der Waals surface area (Å²) in [6.07, 6.45) is 1.27. The van der Waals surface area contributed by atoms with Crippen LogP contribution in [0.2, 0.25) is 0 Å². The third kappa shape index (κ3) is 1.42. The molecule has 4 nitrogen and oxygen atoms in total. The van der Waals surface area contributed by atoms with Gasteiger partial charge in [-0.15, -0.1) is 0 Å². The first kappa shape index (κ1) is 8.62. The smallest absolute Gasteiger partial charge is 0.411 e. The Kier molecular flexibility index (Phi) is 2.10. The number of para-hydroxylation sites is 1. The second-order valence-electron chi connectivity index (χ2n) is 2.86. The van der Waals surface area contributed by atoms with Gasteiger partial charge in [0.15, 0.2) is 0 Å². The molecule has 2 aromatic rings. The van der Waals surface area contributed by atoms with Crippen LogP contribution < -0.4 is 5.32 Å². The van der Waals surface area contributed by atoms with Crippen LogP contribution in [0.1, 0.15) is 0 Å². The first-order chi connectivity index (χ1) is 6.81. The van der Waals surface area contributed by atoms with Crippen molar-refractivity contribution in [3.8, 4) is 0 Å². The third-order valence-corrected chi connectivity index (χ3v) is 2.01. The third-order valence-electron chi connectivity index (χ3n) is 2.01. The summed E-state index contributed by atoms with van der Waals surface area (Å²) in [6, 6.07) is 7.72. The number of rotatable bonds is 1. The summed E-state index contributed by atoms with van der Waals surface area (Å²) in [7, 11) is 1.34. The fraction of sp³-hybridized carbons (Fsp3) is 0.100. The van der Waals surface area contributed by atoms with Gasteiger partial charge < -0.3 is 9.72 Å². The molecular weight excluding hydrogens is 180 g/mol.